The van der Waals surface area contributed by atoms with Crippen LogP contribution in [0.3, 0.4) is 0 Å². The Morgan fingerprint density at radius 2 is 1.77 bits per heavy atom. The molecule has 1 aliphatic rings. The third kappa shape index (κ3) is 5.17. The number of amides is 2. The van der Waals surface area contributed by atoms with Gasteiger partial charge in [0.25, 0.3) is 5.91 Å². The lowest BCUT2D eigenvalue weighted by atomic mass is 10.1. The van der Waals surface area contributed by atoms with E-state index in [2.05, 4.69) is 25.7 Å². The second-order valence-corrected chi connectivity index (χ2v) is 9.73. The molecule has 2 heterocycles. The van der Waals surface area contributed by atoms with Crippen molar-refractivity contribution in [3.05, 3.63) is 101 Å². The first-order chi connectivity index (χ1) is 19.0. The van der Waals surface area contributed by atoms with Crippen molar-refractivity contribution in [2.45, 2.75) is 25.3 Å². The number of rotatable bonds is 6. The van der Waals surface area contributed by atoms with E-state index in [0.717, 1.165) is 24.1 Å². The second-order valence-electron chi connectivity index (χ2n) is 9.32. The lowest BCUT2D eigenvalue weighted by Gasteiger charge is -2.09. The Hall–Kier alpha value is -4.76. The summed E-state index contributed by atoms with van der Waals surface area (Å²) in [6, 6.07) is 20.8. The molecule has 5 aromatic rings. The van der Waals surface area contributed by atoms with Crippen LogP contribution in [0.5, 0.6) is 5.75 Å². The number of phenols is 1. The minimum Gasteiger partial charge on any atom is -0.507 e. The minimum absolute atomic E-state index is 0.0825. The normalized spacial score (nSPS) is 12.8. The van der Waals surface area contributed by atoms with Crippen molar-refractivity contribution in [3.63, 3.8) is 0 Å². The first-order valence-electron chi connectivity index (χ1n) is 12.4. The van der Waals surface area contributed by atoms with Gasteiger partial charge in [-0.3, -0.25) is 9.78 Å². The molecule has 194 valence electrons. The van der Waals surface area contributed by atoms with Crippen LogP contribution in [-0.4, -0.2) is 36.8 Å². The number of carbonyl (C=O) groups is 2. The van der Waals surface area contributed by atoms with Crippen LogP contribution >= 0.6 is 11.6 Å². The number of phenolic OH excluding ortho intramolecular Hbond substituents is 1. The van der Waals surface area contributed by atoms with Crippen LogP contribution in [0.4, 0.5) is 10.5 Å². The van der Waals surface area contributed by atoms with Gasteiger partial charge in [0.1, 0.15) is 11.4 Å². The number of carbonyl (C=O) groups excluding carboxylic acids is 2. The summed E-state index contributed by atoms with van der Waals surface area (Å²) in [6.07, 6.45) is 3.35. The number of nitrogens with one attached hydrogen (secondary N) is 2. The third-order valence-electron chi connectivity index (χ3n) is 6.53. The highest BCUT2D eigenvalue weighted by molar-refractivity contribution is 6.31. The average molecular weight is 539 g/mol. The van der Waals surface area contributed by atoms with Crippen molar-refractivity contribution in [1.29, 1.82) is 0 Å². The van der Waals surface area contributed by atoms with E-state index < -0.39 is 5.91 Å². The SMILES string of the molecule is O=C(Nc1ccc(-c2cc(C3CC3)n(C(=O)NCc3ccccc3Cl)n2)c(O)c1)c1cnc2ccccc2n1. The quantitative estimate of drug-likeness (QED) is 0.253. The highest BCUT2D eigenvalue weighted by Gasteiger charge is 2.31. The minimum atomic E-state index is -0.448. The summed E-state index contributed by atoms with van der Waals surface area (Å²) >= 11 is 6.21. The van der Waals surface area contributed by atoms with E-state index in [4.69, 9.17) is 11.6 Å². The number of anilines is 1. The van der Waals surface area contributed by atoms with Gasteiger partial charge in [0.15, 0.2) is 0 Å². The predicted molar refractivity (Wildman–Crippen MR) is 148 cm³/mol. The van der Waals surface area contributed by atoms with Gasteiger partial charge in [-0.25, -0.2) is 9.78 Å². The Balaban J connectivity index is 1.20. The molecule has 0 unspecified atom stereocenters. The molecule has 1 fully saturated rings. The van der Waals surface area contributed by atoms with Gasteiger partial charge in [-0.15, -0.1) is 0 Å². The van der Waals surface area contributed by atoms with Crippen molar-refractivity contribution >= 4 is 40.3 Å². The van der Waals surface area contributed by atoms with Crippen LogP contribution in [0.15, 0.2) is 79.0 Å². The van der Waals surface area contributed by atoms with Gasteiger partial charge in [-0.1, -0.05) is 41.9 Å². The first kappa shape index (κ1) is 24.6. The average Bonchev–Trinajstić information content (AvgIpc) is 3.70. The van der Waals surface area contributed by atoms with Gasteiger partial charge in [-0.05, 0) is 54.8 Å². The van der Waals surface area contributed by atoms with Gasteiger partial charge in [-0.2, -0.15) is 9.78 Å². The monoisotopic (exact) mass is 538 g/mol. The number of halogens is 1. The summed E-state index contributed by atoms with van der Waals surface area (Å²) in [5.41, 5.74) is 4.34. The van der Waals surface area contributed by atoms with Crippen molar-refractivity contribution in [2.75, 3.05) is 5.32 Å². The fourth-order valence-electron chi connectivity index (χ4n) is 4.33. The van der Waals surface area contributed by atoms with Gasteiger partial charge < -0.3 is 15.7 Å². The zero-order valence-electron chi connectivity index (χ0n) is 20.6. The Morgan fingerprint density at radius 1 is 1.00 bits per heavy atom. The van der Waals surface area contributed by atoms with E-state index in [0.29, 0.717) is 33.0 Å². The van der Waals surface area contributed by atoms with Crippen LogP contribution in [-0.2, 0) is 6.54 Å². The molecule has 3 N–H and O–H groups in total. The summed E-state index contributed by atoms with van der Waals surface area (Å²) in [6.45, 7) is 0.263. The zero-order chi connectivity index (χ0) is 26.9. The van der Waals surface area contributed by atoms with E-state index >= 15 is 0 Å². The molecule has 0 aliphatic heterocycles. The van der Waals surface area contributed by atoms with Crippen LogP contribution in [0.1, 0.15) is 40.5 Å². The standard InChI is InChI=1S/C29H23ClN6O3/c30-21-6-2-1-5-18(21)15-32-29(39)36-26(17-9-10-17)14-24(35-36)20-12-11-19(13-27(20)37)33-28(38)25-16-31-22-7-3-4-8-23(22)34-25/h1-8,11-14,16-17,37H,9-10,15H2,(H,32,39)(H,33,38). The molecule has 0 saturated heterocycles. The second kappa shape index (κ2) is 10.2. The highest BCUT2D eigenvalue weighted by atomic mass is 35.5. The topological polar surface area (TPSA) is 122 Å². The van der Waals surface area contributed by atoms with Crippen molar-refractivity contribution in [3.8, 4) is 17.0 Å². The molecule has 10 heteroatoms. The molecule has 2 amide bonds. The number of hydrogen-bond acceptors (Lipinski definition) is 6. The summed E-state index contributed by atoms with van der Waals surface area (Å²) in [4.78, 5) is 34.4. The summed E-state index contributed by atoms with van der Waals surface area (Å²) in [5, 5.41) is 21.5. The molecule has 9 nitrogen and oxygen atoms in total. The maximum absolute atomic E-state index is 13.0. The number of benzene rings is 3. The van der Waals surface area contributed by atoms with Crippen LogP contribution in [0, 0.1) is 0 Å². The Labute approximate surface area is 228 Å². The summed E-state index contributed by atoms with van der Waals surface area (Å²) in [7, 11) is 0. The van der Waals surface area contributed by atoms with Crippen LogP contribution < -0.4 is 10.6 Å². The maximum atomic E-state index is 13.0. The smallest absolute Gasteiger partial charge is 0.342 e. The lowest BCUT2D eigenvalue weighted by Crippen LogP contribution is -2.30. The van der Waals surface area contributed by atoms with E-state index in [-0.39, 0.29) is 29.9 Å². The molecular weight excluding hydrogens is 516 g/mol. The van der Waals surface area contributed by atoms with Gasteiger partial charge in [0.05, 0.1) is 28.6 Å². The molecule has 2 aromatic heterocycles. The molecule has 0 radical (unpaired) electrons. The highest BCUT2D eigenvalue weighted by Crippen LogP contribution is 2.42. The number of hydrogen-bond donors (Lipinski definition) is 3. The molecule has 6 rings (SSSR count). The number of nitrogens with zero attached hydrogens (tertiary/aromatic N) is 4. The number of aromatic nitrogens is 4. The fraction of sp³-hybridized carbons (Fsp3) is 0.138. The number of para-hydroxylation sites is 2. The van der Waals surface area contributed by atoms with Crippen molar-refractivity contribution < 1.29 is 14.7 Å². The maximum Gasteiger partial charge on any atom is 0.342 e. The van der Waals surface area contributed by atoms with E-state index in [1.54, 1.807) is 24.3 Å². The van der Waals surface area contributed by atoms with Crippen LogP contribution in [0.25, 0.3) is 22.3 Å². The zero-order valence-corrected chi connectivity index (χ0v) is 21.4. The third-order valence-corrected chi connectivity index (χ3v) is 6.89. The largest absolute Gasteiger partial charge is 0.507 e. The molecule has 1 aliphatic carbocycles. The van der Waals surface area contributed by atoms with Gasteiger partial charge in [0.2, 0.25) is 0 Å². The fourth-order valence-corrected chi connectivity index (χ4v) is 4.54. The summed E-state index contributed by atoms with van der Waals surface area (Å²) < 4.78 is 1.36. The van der Waals surface area contributed by atoms with Crippen molar-refractivity contribution in [2.24, 2.45) is 0 Å². The molecule has 3 aromatic carbocycles. The lowest BCUT2D eigenvalue weighted by molar-refractivity contribution is 0.102. The molecular formula is C29H23ClN6O3. The Kier molecular flexibility index (Phi) is 6.42. The molecule has 0 bridgehead atoms. The molecule has 0 atom stereocenters. The number of fused-ring (bicyclic) bond motifs is 1. The van der Waals surface area contributed by atoms with E-state index in [1.165, 1.54) is 16.9 Å². The molecule has 1 saturated carbocycles. The van der Waals surface area contributed by atoms with Crippen molar-refractivity contribution in [1.82, 2.24) is 25.1 Å². The van der Waals surface area contributed by atoms with E-state index in [1.807, 2.05) is 42.5 Å². The van der Waals surface area contributed by atoms with Gasteiger partial charge in [0, 0.05) is 34.8 Å². The predicted octanol–water partition coefficient (Wildman–Crippen LogP) is 5.74. The first-order valence-corrected chi connectivity index (χ1v) is 12.8. The molecule has 0 spiro atoms. The summed E-state index contributed by atoms with van der Waals surface area (Å²) in [5.74, 6) is -0.294. The Bertz CT molecular complexity index is 1730. The van der Waals surface area contributed by atoms with Crippen LogP contribution in [0.2, 0.25) is 5.02 Å². The Morgan fingerprint density at radius 3 is 2.54 bits per heavy atom. The molecule has 39 heavy (non-hydrogen) atoms. The van der Waals surface area contributed by atoms with E-state index in [9.17, 15) is 14.7 Å². The van der Waals surface area contributed by atoms with Gasteiger partial charge >= 0.3 is 6.03 Å². The number of aromatic hydroxyl groups is 1.